The first kappa shape index (κ1) is 15.7. The predicted octanol–water partition coefficient (Wildman–Crippen LogP) is 5.95. The van der Waals surface area contributed by atoms with Gasteiger partial charge in [-0.05, 0) is 43.7 Å². The molecule has 3 rings (SSSR count). The van der Waals surface area contributed by atoms with Gasteiger partial charge in [0.05, 0.1) is 16.4 Å². The van der Waals surface area contributed by atoms with E-state index in [2.05, 4.69) is 57.4 Å². The summed E-state index contributed by atoms with van der Waals surface area (Å²) in [6.45, 7) is 4.26. The number of halogens is 2. The first-order chi connectivity index (χ1) is 10.1. The van der Waals surface area contributed by atoms with Gasteiger partial charge in [0.2, 0.25) is 0 Å². The third kappa shape index (κ3) is 2.99. The Morgan fingerprint density at radius 2 is 2.29 bits per heavy atom. The third-order valence-electron chi connectivity index (χ3n) is 4.16. The summed E-state index contributed by atoms with van der Waals surface area (Å²) in [5, 5.41) is 0.615. The van der Waals surface area contributed by atoms with Crippen LogP contribution in [0.25, 0.3) is 11.0 Å². The zero-order valence-electron chi connectivity index (χ0n) is 12.4. The molecule has 114 valence electrons. The SMILES string of the molecule is CCSC1CCCC1n1c(C(C)Cl)nc2ccc(Br)cc21. The van der Waals surface area contributed by atoms with E-state index in [-0.39, 0.29) is 5.38 Å². The van der Waals surface area contributed by atoms with Crippen LogP contribution in [-0.2, 0) is 0 Å². The van der Waals surface area contributed by atoms with Gasteiger partial charge in [0, 0.05) is 15.8 Å². The Kier molecular flexibility index (Phi) is 4.87. The Bertz CT molecular complexity index is 640. The van der Waals surface area contributed by atoms with E-state index in [0.29, 0.717) is 11.3 Å². The number of nitrogens with zero attached hydrogens (tertiary/aromatic N) is 2. The molecule has 3 unspecified atom stereocenters. The van der Waals surface area contributed by atoms with Crippen LogP contribution in [0, 0.1) is 0 Å². The van der Waals surface area contributed by atoms with Crippen molar-refractivity contribution in [2.45, 2.75) is 49.8 Å². The largest absolute Gasteiger partial charge is 0.322 e. The van der Waals surface area contributed by atoms with Crippen LogP contribution >= 0.6 is 39.3 Å². The number of fused-ring (bicyclic) bond motifs is 1. The van der Waals surface area contributed by atoms with Gasteiger partial charge in [0.15, 0.2) is 0 Å². The Hall–Kier alpha value is -0.190. The zero-order valence-corrected chi connectivity index (χ0v) is 15.5. The van der Waals surface area contributed by atoms with Crippen molar-refractivity contribution in [3.05, 3.63) is 28.5 Å². The van der Waals surface area contributed by atoms with E-state index in [9.17, 15) is 0 Å². The lowest BCUT2D eigenvalue weighted by atomic mass is 10.2. The summed E-state index contributed by atoms with van der Waals surface area (Å²) < 4.78 is 3.51. The fraction of sp³-hybridized carbons (Fsp3) is 0.562. The first-order valence-corrected chi connectivity index (χ1v) is 9.82. The maximum absolute atomic E-state index is 6.42. The Morgan fingerprint density at radius 3 is 3.00 bits per heavy atom. The van der Waals surface area contributed by atoms with Crippen molar-refractivity contribution in [1.82, 2.24) is 9.55 Å². The topological polar surface area (TPSA) is 17.8 Å². The highest BCUT2D eigenvalue weighted by Crippen LogP contribution is 2.42. The normalized spacial score (nSPS) is 23.8. The molecule has 21 heavy (non-hydrogen) atoms. The van der Waals surface area contributed by atoms with Crippen molar-refractivity contribution < 1.29 is 0 Å². The van der Waals surface area contributed by atoms with E-state index in [4.69, 9.17) is 16.6 Å². The van der Waals surface area contributed by atoms with Crippen LogP contribution in [0.4, 0.5) is 0 Å². The summed E-state index contributed by atoms with van der Waals surface area (Å²) >= 11 is 12.1. The van der Waals surface area contributed by atoms with Gasteiger partial charge in [-0.2, -0.15) is 11.8 Å². The second-order valence-electron chi connectivity index (χ2n) is 5.58. The van der Waals surface area contributed by atoms with Crippen LogP contribution < -0.4 is 0 Å². The molecule has 1 aliphatic carbocycles. The van der Waals surface area contributed by atoms with Crippen LogP contribution in [0.3, 0.4) is 0 Å². The quantitative estimate of drug-likeness (QED) is 0.604. The summed E-state index contributed by atoms with van der Waals surface area (Å²) in [6.07, 6.45) is 3.82. The molecular formula is C16H20BrClN2S. The Morgan fingerprint density at radius 1 is 1.48 bits per heavy atom. The number of imidazole rings is 1. The van der Waals surface area contributed by atoms with Gasteiger partial charge in [0.25, 0.3) is 0 Å². The van der Waals surface area contributed by atoms with Crippen LogP contribution in [0.15, 0.2) is 22.7 Å². The summed E-state index contributed by atoms with van der Waals surface area (Å²) in [7, 11) is 0. The Labute approximate surface area is 143 Å². The van der Waals surface area contributed by atoms with Gasteiger partial charge in [-0.3, -0.25) is 0 Å². The summed E-state index contributed by atoms with van der Waals surface area (Å²) in [6, 6.07) is 6.83. The molecule has 1 fully saturated rings. The molecule has 0 saturated heterocycles. The van der Waals surface area contributed by atoms with Crippen molar-refractivity contribution in [3.63, 3.8) is 0 Å². The van der Waals surface area contributed by atoms with Crippen LogP contribution in [0.5, 0.6) is 0 Å². The minimum Gasteiger partial charge on any atom is -0.322 e. The van der Waals surface area contributed by atoms with Crippen molar-refractivity contribution in [2.75, 3.05) is 5.75 Å². The van der Waals surface area contributed by atoms with Gasteiger partial charge in [-0.1, -0.05) is 29.3 Å². The lowest BCUT2D eigenvalue weighted by Crippen LogP contribution is -2.19. The molecular weight excluding hydrogens is 368 g/mol. The van der Waals surface area contributed by atoms with Crippen LogP contribution in [-0.4, -0.2) is 20.6 Å². The lowest BCUT2D eigenvalue weighted by Gasteiger charge is -2.24. The maximum atomic E-state index is 6.42. The minimum atomic E-state index is -0.0657. The third-order valence-corrected chi connectivity index (χ3v) is 6.16. The van der Waals surface area contributed by atoms with Crippen molar-refractivity contribution in [2.24, 2.45) is 0 Å². The zero-order chi connectivity index (χ0) is 15.0. The Balaban J connectivity index is 2.14. The molecule has 0 bridgehead atoms. The van der Waals surface area contributed by atoms with Gasteiger partial charge in [-0.25, -0.2) is 4.98 Å². The van der Waals surface area contributed by atoms with Crippen LogP contribution in [0.2, 0.25) is 0 Å². The van der Waals surface area contributed by atoms with Crippen molar-refractivity contribution in [1.29, 1.82) is 0 Å². The maximum Gasteiger partial charge on any atom is 0.128 e. The molecule has 1 aromatic heterocycles. The fourth-order valence-corrected chi connectivity index (χ4v) is 5.07. The molecule has 0 N–H and O–H groups in total. The molecule has 5 heteroatoms. The average Bonchev–Trinajstić information content (AvgIpc) is 3.02. The van der Waals surface area contributed by atoms with Gasteiger partial charge >= 0.3 is 0 Å². The summed E-state index contributed by atoms with van der Waals surface area (Å²) in [4.78, 5) is 4.79. The number of hydrogen-bond acceptors (Lipinski definition) is 2. The monoisotopic (exact) mass is 386 g/mol. The van der Waals surface area contributed by atoms with E-state index < -0.39 is 0 Å². The summed E-state index contributed by atoms with van der Waals surface area (Å²) in [5.41, 5.74) is 2.26. The fourth-order valence-electron chi connectivity index (χ4n) is 3.32. The molecule has 1 aromatic carbocycles. The number of aromatic nitrogens is 2. The molecule has 0 amide bonds. The van der Waals surface area contributed by atoms with Gasteiger partial charge < -0.3 is 4.57 Å². The van der Waals surface area contributed by atoms with Crippen molar-refractivity contribution in [3.8, 4) is 0 Å². The molecule has 2 aromatic rings. The molecule has 2 nitrogen and oxygen atoms in total. The van der Waals surface area contributed by atoms with E-state index in [1.54, 1.807) is 0 Å². The second kappa shape index (κ2) is 6.51. The van der Waals surface area contributed by atoms with Crippen LogP contribution in [0.1, 0.15) is 50.4 Å². The summed E-state index contributed by atoms with van der Waals surface area (Å²) in [5.74, 6) is 2.18. The highest BCUT2D eigenvalue weighted by molar-refractivity contribution is 9.10. The smallest absolute Gasteiger partial charge is 0.128 e. The highest BCUT2D eigenvalue weighted by Gasteiger charge is 2.32. The van der Waals surface area contributed by atoms with E-state index in [1.165, 1.54) is 30.5 Å². The number of benzene rings is 1. The number of hydrogen-bond donors (Lipinski definition) is 0. The molecule has 1 aliphatic rings. The number of alkyl halides is 1. The van der Waals surface area contributed by atoms with Gasteiger partial charge in [0.1, 0.15) is 5.82 Å². The molecule has 3 atom stereocenters. The minimum absolute atomic E-state index is 0.0657. The number of rotatable bonds is 4. The van der Waals surface area contributed by atoms with E-state index in [0.717, 1.165) is 15.8 Å². The lowest BCUT2D eigenvalue weighted by molar-refractivity contribution is 0.519. The molecule has 1 saturated carbocycles. The van der Waals surface area contributed by atoms with Gasteiger partial charge in [-0.15, -0.1) is 11.6 Å². The predicted molar refractivity (Wildman–Crippen MR) is 96.5 cm³/mol. The number of thioether (sulfide) groups is 1. The average molecular weight is 388 g/mol. The molecule has 1 heterocycles. The first-order valence-electron chi connectivity index (χ1n) is 7.55. The van der Waals surface area contributed by atoms with Crippen molar-refractivity contribution >= 4 is 50.3 Å². The second-order valence-corrected chi connectivity index (χ2v) is 8.67. The van der Waals surface area contributed by atoms with E-state index in [1.807, 2.05) is 6.92 Å². The molecule has 0 aliphatic heterocycles. The van der Waals surface area contributed by atoms with E-state index >= 15 is 0 Å². The highest BCUT2D eigenvalue weighted by atomic mass is 79.9. The molecule has 0 spiro atoms. The standard InChI is InChI=1S/C16H20BrClN2S/c1-3-21-15-6-4-5-13(15)20-14-9-11(17)7-8-12(14)19-16(20)10(2)18/h7-10,13,15H,3-6H2,1-2H3. The molecule has 0 radical (unpaired) electrons.